The Morgan fingerprint density at radius 2 is 2.22 bits per heavy atom. The second-order valence-electron chi connectivity index (χ2n) is 5.81. The lowest BCUT2D eigenvalue weighted by atomic mass is 9.82. The number of hydrogen-bond donors (Lipinski definition) is 2. The number of rotatable bonds is 2. The lowest BCUT2D eigenvalue weighted by molar-refractivity contribution is 0.191. The summed E-state index contributed by atoms with van der Waals surface area (Å²) in [6.07, 6.45) is 5.29. The Balaban J connectivity index is 1.69. The molecule has 0 radical (unpaired) electrons. The largest absolute Gasteiger partial charge is 0.392 e. The van der Waals surface area contributed by atoms with E-state index >= 15 is 0 Å². The molecule has 2 aliphatic rings. The molecule has 1 aliphatic carbocycles. The quantitative estimate of drug-likeness (QED) is 0.838. The van der Waals surface area contributed by atoms with Crippen molar-refractivity contribution in [2.24, 2.45) is 5.92 Å². The summed E-state index contributed by atoms with van der Waals surface area (Å²) in [5, 5.41) is 16.8. The van der Waals surface area contributed by atoms with E-state index in [2.05, 4.69) is 22.4 Å². The van der Waals surface area contributed by atoms with Crippen LogP contribution in [0.15, 0.2) is 4.52 Å². The molecule has 3 rings (SSSR count). The van der Waals surface area contributed by atoms with Crippen molar-refractivity contribution in [1.29, 1.82) is 0 Å². The zero-order valence-electron chi connectivity index (χ0n) is 10.8. The van der Waals surface area contributed by atoms with Crippen LogP contribution in [0.5, 0.6) is 0 Å². The molecule has 1 aliphatic heterocycles. The van der Waals surface area contributed by atoms with Gasteiger partial charge < -0.3 is 14.9 Å². The predicted octanol–water partition coefficient (Wildman–Crippen LogP) is 1.76. The first kappa shape index (κ1) is 12.1. The van der Waals surface area contributed by atoms with Gasteiger partial charge in [-0.2, -0.15) is 4.98 Å². The van der Waals surface area contributed by atoms with Gasteiger partial charge in [0.25, 0.3) is 0 Å². The monoisotopic (exact) mass is 251 g/mol. The van der Waals surface area contributed by atoms with Gasteiger partial charge in [0, 0.05) is 12.5 Å². The maximum atomic E-state index is 9.50. The van der Waals surface area contributed by atoms with Gasteiger partial charge >= 0.3 is 0 Å². The number of aliphatic hydroxyl groups excluding tert-OH is 1. The summed E-state index contributed by atoms with van der Waals surface area (Å²) in [5.74, 6) is 2.72. The zero-order chi connectivity index (χ0) is 12.5. The number of aliphatic hydroxyl groups is 1. The second kappa shape index (κ2) is 4.97. The van der Waals surface area contributed by atoms with Crippen molar-refractivity contribution in [3.8, 4) is 0 Å². The fourth-order valence-electron chi connectivity index (χ4n) is 3.13. The van der Waals surface area contributed by atoms with Crippen molar-refractivity contribution >= 4 is 0 Å². The fraction of sp³-hybridized carbons (Fsp3) is 0.846. The smallest absolute Gasteiger partial charge is 0.243 e. The highest BCUT2D eigenvalue weighted by Gasteiger charge is 2.30. The summed E-state index contributed by atoms with van der Waals surface area (Å²) in [5.41, 5.74) is 0. The third-order valence-corrected chi connectivity index (χ3v) is 4.16. The molecule has 0 spiro atoms. The van der Waals surface area contributed by atoms with E-state index in [-0.39, 0.29) is 12.1 Å². The van der Waals surface area contributed by atoms with E-state index in [1.54, 1.807) is 0 Å². The first-order valence-corrected chi connectivity index (χ1v) is 6.97. The van der Waals surface area contributed by atoms with Crippen molar-refractivity contribution in [2.75, 3.05) is 6.54 Å². The maximum absolute atomic E-state index is 9.50. The minimum absolute atomic E-state index is 0.0299. The number of nitrogens with one attached hydrogen (secondary N) is 1. The van der Waals surface area contributed by atoms with Crippen LogP contribution in [0.3, 0.4) is 0 Å². The van der Waals surface area contributed by atoms with Gasteiger partial charge in [0.15, 0.2) is 5.82 Å². The predicted molar refractivity (Wildman–Crippen MR) is 66.0 cm³/mol. The molecule has 100 valence electrons. The van der Waals surface area contributed by atoms with E-state index in [1.807, 2.05) is 0 Å². The molecule has 4 atom stereocenters. The van der Waals surface area contributed by atoms with E-state index in [4.69, 9.17) is 4.52 Å². The molecule has 0 amide bonds. The van der Waals surface area contributed by atoms with Crippen molar-refractivity contribution in [2.45, 2.75) is 57.1 Å². The molecule has 0 bridgehead atoms. The maximum Gasteiger partial charge on any atom is 0.243 e. The van der Waals surface area contributed by atoms with E-state index in [1.165, 1.54) is 25.7 Å². The van der Waals surface area contributed by atoms with Gasteiger partial charge in [0.05, 0.1) is 12.1 Å². The molecule has 5 nitrogen and oxygen atoms in total. The van der Waals surface area contributed by atoms with Crippen LogP contribution in [0.4, 0.5) is 0 Å². The third-order valence-electron chi connectivity index (χ3n) is 4.16. The first-order valence-electron chi connectivity index (χ1n) is 6.97. The van der Waals surface area contributed by atoms with E-state index in [0.29, 0.717) is 24.8 Å². The molecule has 5 heteroatoms. The summed E-state index contributed by atoms with van der Waals surface area (Å²) in [4.78, 5) is 4.53. The van der Waals surface area contributed by atoms with Gasteiger partial charge in [-0.25, -0.2) is 0 Å². The highest BCUT2D eigenvalue weighted by Crippen LogP contribution is 2.35. The van der Waals surface area contributed by atoms with Crippen LogP contribution in [-0.4, -0.2) is 27.9 Å². The molecule has 0 aromatic carbocycles. The standard InChI is InChI=1S/C13H21N3O2/c1-8-3-2-4-9(5-8)12-15-13(18-16-12)11-6-10(17)7-14-11/h8-11,14,17H,2-7H2,1H3/t8?,9?,10?,11-/m0/s1. The Bertz CT molecular complexity index is 407. The molecule has 1 aromatic heterocycles. The van der Waals surface area contributed by atoms with Crippen LogP contribution in [0.25, 0.3) is 0 Å². The fourth-order valence-corrected chi connectivity index (χ4v) is 3.13. The van der Waals surface area contributed by atoms with Gasteiger partial charge in [-0.3, -0.25) is 0 Å². The molecule has 1 saturated heterocycles. The first-order chi connectivity index (χ1) is 8.72. The van der Waals surface area contributed by atoms with Crippen LogP contribution >= 0.6 is 0 Å². The van der Waals surface area contributed by atoms with Crippen molar-refractivity contribution < 1.29 is 9.63 Å². The Hall–Kier alpha value is -0.940. The van der Waals surface area contributed by atoms with E-state index < -0.39 is 0 Å². The molecule has 18 heavy (non-hydrogen) atoms. The Morgan fingerprint density at radius 1 is 1.33 bits per heavy atom. The molecular formula is C13H21N3O2. The summed E-state index contributed by atoms with van der Waals surface area (Å²) in [6, 6.07) is 0.0299. The Kier molecular flexibility index (Phi) is 3.35. The Labute approximate surface area is 107 Å². The number of β-amino-alcohol motifs (C(OH)–C–C–N with tert-alkyl or cyclic N) is 1. The van der Waals surface area contributed by atoms with Gasteiger partial charge in [-0.1, -0.05) is 24.9 Å². The van der Waals surface area contributed by atoms with Crippen molar-refractivity contribution in [1.82, 2.24) is 15.5 Å². The van der Waals surface area contributed by atoms with E-state index in [0.717, 1.165) is 11.7 Å². The van der Waals surface area contributed by atoms with Crippen LogP contribution in [0.1, 0.15) is 62.7 Å². The van der Waals surface area contributed by atoms with Gasteiger partial charge in [-0.15, -0.1) is 0 Å². The second-order valence-corrected chi connectivity index (χ2v) is 5.81. The SMILES string of the molecule is CC1CCCC(c2noc([C@@H]3CC(O)CN3)n2)C1. The lowest BCUT2D eigenvalue weighted by Gasteiger charge is -2.23. The zero-order valence-corrected chi connectivity index (χ0v) is 10.8. The van der Waals surface area contributed by atoms with Crippen LogP contribution in [-0.2, 0) is 0 Å². The summed E-state index contributed by atoms with van der Waals surface area (Å²) in [6.45, 7) is 2.91. The van der Waals surface area contributed by atoms with Crippen LogP contribution < -0.4 is 5.32 Å². The number of hydrogen-bond acceptors (Lipinski definition) is 5. The summed E-state index contributed by atoms with van der Waals surface area (Å²) in [7, 11) is 0. The highest BCUT2D eigenvalue weighted by atomic mass is 16.5. The highest BCUT2D eigenvalue weighted by molar-refractivity contribution is 5.02. The average Bonchev–Trinajstić information content (AvgIpc) is 2.97. The minimum Gasteiger partial charge on any atom is -0.392 e. The van der Waals surface area contributed by atoms with Crippen LogP contribution in [0, 0.1) is 5.92 Å². The third kappa shape index (κ3) is 2.42. The lowest BCUT2D eigenvalue weighted by Crippen LogP contribution is -2.15. The van der Waals surface area contributed by atoms with Crippen LogP contribution in [0.2, 0.25) is 0 Å². The normalized spacial score (nSPS) is 37.0. The molecule has 1 saturated carbocycles. The number of nitrogens with zero attached hydrogens (tertiary/aromatic N) is 2. The molecule has 1 aromatic rings. The van der Waals surface area contributed by atoms with Crippen molar-refractivity contribution in [3.05, 3.63) is 11.7 Å². The topological polar surface area (TPSA) is 71.2 Å². The van der Waals surface area contributed by atoms with Gasteiger partial charge in [0.2, 0.25) is 5.89 Å². The van der Waals surface area contributed by atoms with Crippen molar-refractivity contribution in [3.63, 3.8) is 0 Å². The average molecular weight is 251 g/mol. The number of aromatic nitrogens is 2. The van der Waals surface area contributed by atoms with Gasteiger partial charge in [0.1, 0.15) is 0 Å². The Morgan fingerprint density at radius 3 is 2.94 bits per heavy atom. The molecule has 3 unspecified atom stereocenters. The van der Waals surface area contributed by atoms with Gasteiger partial charge in [-0.05, 0) is 25.2 Å². The summed E-state index contributed by atoms with van der Waals surface area (Å²) >= 11 is 0. The molecule has 2 heterocycles. The van der Waals surface area contributed by atoms with E-state index in [9.17, 15) is 5.11 Å². The summed E-state index contributed by atoms with van der Waals surface area (Å²) < 4.78 is 5.35. The molecular weight excluding hydrogens is 230 g/mol. The minimum atomic E-state index is -0.292. The molecule has 2 fully saturated rings. The molecule has 2 N–H and O–H groups in total.